The molecule has 7 heteroatoms. The van der Waals surface area contributed by atoms with Gasteiger partial charge in [-0.25, -0.2) is 8.42 Å². The van der Waals surface area contributed by atoms with Crippen LogP contribution in [-0.2, 0) is 25.3 Å². The van der Waals surface area contributed by atoms with Gasteiger partial charge in [-0.2, -0.15) is 0 Å². The van der Waals surface area contributed by atoms with Crippen LogP contribution in [0.1, 0.15) is 18.4 Å². The number of anilines is 1. The van der Waals surface area contributed by atoms with Crippen LogP contribution in [0.2, 0.25) is 0 Å². The van der Waals surface area contributed by atoms with Crippen LogP contribution in [0.15, 0.2) is 24.3 Å². The number of ether oxygens (including phenoxy) is 2. The number of hydrogen-bond donors (Lipinski definition) is 1. The molecule has 112 valence electrons. The first-order chi connectivity index (χ1) is 9.45. The molecule has 0 atom stereocenters. The van der Waals surface area contributed by atoms with Gasteiger partial charge < -0.3 is 9.47 Å². The number of sulfonamides is 1. The van der Waals surface area contributed by atoms with Gasteiger partial charge in [-0.3, -0.25) is 4.72 Å². The van der Waals surface area contributed by atoms with Crippen LogP contribution in [0.5, 0.6) is 0 Å². The predicted octanol–water partition coefficient (Wildman–Crippen LogP) is 2.28. The summed E-state index contributed by atoms with van der Waals surface area (Å²) in [5.74, 6) is -0.208. The van der Waals surface area contributed by atoms with Gasteiger partial charge in [0.2, 0.25) is 10.0 Å². The van der Waals surface area contributed by atoms with Crippen molar-refractivity contribution in [2.75, 3.05) is 30.1 Å². The van der Waals surface area contributed by atoms with Crippen molar-refractivity contribution in [1.29, 1.82) is 0 Å². The first kappa shape index (κ1) is 15.6. The van der Waals surface area contributed by atoms with Crippen molar-refractivity contribution in [2.24, 2.45) is 0 Å². The summed E-state index contributed by atoms with van der Waals surface area (Å²) in [5.41, 5.74) is 1.39. The van der Waals surface area contributed by atoms with Crippen LogP contribution in [0.3, 0.4) is 0 Å². The molecule has 1 aliphatic rings. The van der Waals surface area contributed by atoms with Gasteiger partial charge in [0.05, 0.1) is 19.5 Å². The first-order valence-corrected chi connectivity index (χ1v) is 8.80. The van der Waals surface area contributed by atoms with Gasteiger partial charge in [-0.15, -0.1) is 11.6 Å². The molecular formula is C13H18ClNO4S. The Hall–Kier alpha value is -0.820. The van der Waals surface area contributed by atoms with Crippen LogP contribution in [0.4, 0.5) is 5.69 Å². The molecule has 1 heterocycles. The summed E-state index contributed by atoms with van der Waals surface area (Å²) >= 11 is 5.74. The van der Waals surface area contributed by atoms with E-state index in [-0.39, 0.29) is 0 Å². The van der Waals surface area contributed by atoms with Gasteiger partial charge in [-0.05, 0) is 18.6 Å². The minimum absolute atomic E-state index is 0.516. The molecule has 0 spiro atoms. The fourth-order valence-corrected chi connectivity index (χ4v) is 2.91. The molecule has 0 aromatic heterocycles. The molecule has 0 aliphatic carbocycles. The van der Waals surface area contributed by atoms with Gasteiger partial charge in [0.1, 0.15) is 0 Å². The summed E-state index contributed by atoms with van der Waals surface area (Å²) in [6.45, 7) is 1.09. The Balaban J connectivity index is 2.18. The standard InChI is InChI=1S/C13H18ClNO4S/c1-20(16,17)15-12-5-3-11(4-6-12)13(7-2-8-14)18-9-10-19-13/h3-6,15H,2,7-10H2,1H3. The van der Waals surface area contributed by atoms with Crippen molar-refractivity contribution in [3.05, 3.63) is 29.8 Å². The second kappa shape index (κ2) is 6.30. The predicted molar refractivity (Wildman–Crippen MR) is 78.4 cm³/mol. The SMILES string of the molecule is CS(=O)(=O)Nc1ccc(C2(CCCCl)OCCO2)cc1. The van der Waals surface area contributed by atoms with Crippen LogP contribution >= 0.6 is 11.6 Å². The Morgan fingerprint density at radius 2 is 1.85 bits per heavy atom. The van der Waals surface area contributed by atoms with Crippen molar-refractivity contribution in [1.82, 2.24) is 0 Å². The number of rotatable bonds is 6. The third-order valence-electron chi connectivity index (χ3n) is 3.02. The average Bonchev–Trinajstić information content (AvgIpc) is 2.85. The van der Waals surface area contributed by atoms with E-state index in [4.69, 9.17) is 21.1 Å². The third kappa shape index (κ3) is 3.85. The van der Waals surface area contributed by atoms with Crippen molar-refractivity contribution in [3.63, 3.8) is 0 Å². The first-order valence-electron chi connectivity index (χ1n) is 6.37. The molecule has 0 amide bonds. The Morgan fingerprint density at radius 3 is 2.35 bits per heavy atom. The van der Waals surface area contributed by atoms with E-state index in [1.54, 1.807) is 12.1 Å². The molecule has 0 saturated carbocycles. The molecule has 1 aromatic carbocycles. The summed E-state index contributed by atoms with van der Waals surface area (Å²) in [6, 6.07) is 7.02. The molecule has 0 radical (unpaired) electrons. The number of nitrogens with one attached hydrogen (secondary N) is 1. The Morgan fingerprint density at radius 1 is 1.25 bits per heavy atom. The van der Waals surface area contributed by atoms with Crippen LogP contribution in [0.25, 0.3) is 0 Å². The molecule has 1 N–H and O–H groups in total. The van der Waals surface area contributed by atoms with Crippen molar-refractivity contribution < 1.29 is 17.9 Å². The zero-order valence-corrected chi connectivity index (χ0v) is 12.8. The molecule has 1 aromatic rings. The van der Waals surface area contributed by atoms with E-state index >= 15 is 0 Å². The Labute approximate surface area is 124 Å². The zero-order chi connectivity index (χ0) is 14.6. The molecule has 0 bridgehead atoms. The molecule has 0 unspecified atom stereocenters. The van der Waals surface area contributed by atoms with Gasteiger partial charge in [-0.1, -0.05) is 12.1 Å². The van der Waals surface area contributed by atoms with E-state index in [0.717, 1.165) is 18.2 Å². The van der Waals surface area contributed by atoms with E-state index in [1.165, 1.54) is 0 Å². The van der Waals surface area contributed by atoms with Gasteiger partial charge in [0, 0.05) is 23.6 Å². The highest BCUT2D eigenvalue weighted by Gasteiger charge is 2.37. The fraction of sp³-hybridized carbons (Fsp3) is 0.538. The summed E-state index contributed by atoms with van der Waals surface area (Å²) in [5, 5.41) is 0. The number of benzene rings is 1. The molecule has 2 rings (SSSR count). The maximum atomic E-state index is 11.2. The molecule has 20 heavy (non-hydrogen) atoms. The van der Waals surface area contributed by atoms with Crippen LogP contribution < -0.4 is 4.72 Å². The monoisotopic (exact) mass is 319 g/mol. The highest BCUT2D eigenvalue weighted by atomic mass is 35.5. The third-order valence-corrected chi connectivity index (χ3v) is 3.90. The molecule has 5 nitrogen and oxygen atoms in total. The van der Waals surface area contributed by atoms with Gasteiger partial charge in [0.25, 0.3) is 0 Å². The summed E-state index contributed by atoms with van der Waals surface area (Å²) < 4.78 is 36.3. The van der Waals surface area contributed by atoms with Crippen molar-refractivity contribution in [2.45, 2.75) is 18.6 Å². The van der Waals surface area contributed by atoms with Gasteiger partial charge in [0.15, 0.2) is 5.79 Å². The highest BCUT2D eigenvalue weighted by Crippen LogP contribution is 2.36. The highest BCUT2D eigenvalue weighted by molar-refractivity contribution is 7.92. The van der Waals surface area contributed by atoms with E-state index in [0.29, 0.717) is 31.2 Å². The molecule has 1 saturated heterocycles. The molecule has 1 fully saturated rings. The minimum Gasteiger partial charge on any atom is -0.343 e. The minimum atomic E-state index is -3.27. The Kier molecular flexibility index (Phi) is 4.90. The lowest BCUT2D eigenvalue weighted by Gasteiger charge is -2.27. The fourth-order valence-electron chi connectivity index (χ4n) is 2.22. The number of hydrogen-bond acceptors (Lipinski definition) is 4. The lowest BCUT2D eigenvalue weighted by Crippen LogP contribution is -2.27. The maximum absolute atomic E-state index is 11.2. The van der Waals surface area contributed by atoms with E-state index in [1.807, 2.05) is 12.1 Å². The zero-order valence-electron chi connectivity index (χ0n) is 11.3. The van der Waals surface area contributed by atoms with E-state index in [9.17, 15) is 8.42 Å². The van der Waals surface area contributed by atoms with Gasteiger partial charge >= 0.3 is 0 Å². The summed E-state index contributed by atoms with van der Waals surface area (Å²) in [6.07, 6.45) is 2.58. The summed E-state index contributed by atoms with van der Waals surface area (Å²) in [4.78, 5) is 0. The quantitative estimate of drug-likeness (QED) is 0.817. The number of halogens is 1. The van der Waals surface area contributed by atoms with E-state index in [2.05, 4.69) is 4.72 Å². The number of alkyl halides is 1. The summed E-state index contributed by atoms with van der Waals surface area (Å²) in [7, 11) is -3.27. The second-order valence-electron chi connectivity index (χ2n) is 4.69. The smallest absolute Gasteiger partial charge is 0.229 e. The Bertz CT molecular complexity index is 538. The lowest BCUT2D eigenvalue weighted by atomic mass is 10.0. The normalized spacial score (nSPS) is 18.1. The largest absolute Gasteiger partial charge is 0.343 e. The molecule has 1 aliphatic heterocycles. The topological polar surface area (TPSA) is 64.6 Å². The second-order valence-corrected chi connectivity index (χ2v) is 6.82. The van der Waals surface area contributed by atoms with Crippen LogP contribution in [-0.4, -0.2) is 33.8 Å². The van der Waals surface area contributed by atoms with Crippen molar-refractivity contribution in [3.8, 4) is 0 Å². The van der Waals surface area contributed by atoms with Crippen LogP contribution in [0, 0.1) is 0 Å². The molecular weight excluding hydrogens is 302 g/mol. The van der Waals surface area contributed by atoms with Crippen molar-refractivity contribution >= 4 is 27.3 Å². The van der Waals surface area contributed by atoms with E-state index < -0.39 is 15.8 Å². The lowest BCUT2D eigenvalue weighted by molar-refractivity contribution is -0.170. The maximum Gasteiger partial charge on any atom is 0.229 e. The average molecular weight is 320 g/mol.